The van der Waals surface area contributed by atoms with Gasteiger partial charge >= 0.3 is 12.0 Å². The summed E-state index contributed by atoms with van der Waals surface area (Å²) in [4.78, 5) is 26.0. The maximum atomic E-state index is 12.2. The van der Waals surface area contributed by atoms with Gasteiger partial charge in [0.2, 0.25) is 0 Å². The molecule has 1 N–H and O–H groups in total. The van der Waals surface area contributed by atoms with E-state index in [4.69, 9.17) is 5.11 Å². The predicted molar refractivity (Wildman–Crippen MR) is 69.5 cm³/mol. The first-order valence-corrected chi connectivity index (χ1v) is 6.79. The van der Waals surface area contributed by atoms with Crippen molar-refractivity contribution in [2.24, 2.45) is 0 Å². The largest absolute Gasteiger partial charge is 0.480 e. The zero-order chi connectivity index (χ0) is 13.5. The zero-order valence-corrected chi connectivity index (χ0v) is 11.4. The summed E-state index contributed by atoms with van der Waals surface area (Å²) in [5, 5.41) is 8.79. The van der Waals surface area contributed by atoms with Crippen LogP contribution in [0.5, 0.6) is 0 Å². The van der Waals surface area contributed by atoms with Crippen molar-refractivity contribution in [3.05, 3.63) is 0 Å². The van der Waals surface area contributed by atoms with Crippen LogP contribution in [-0.2, 0) is 4.79 Å². The normalized spacial score (nSPS) is 17.0. The molecule has 2 amide bonds. The van der Waals surface area contributed by atoms with Crippen LogP contribution in [0.2, 0.25) is 0 Å². The summed E-state index contributed by atoms with van der Waals surface area (Å²) in [6, 6.07) is 0.106. The number of urea groups is 1. The minimum absolute atomic E-state index is 0.160. The van der Waals surface area contributed by atoms with Gasteiger partial charge in [-0.1, -0.05) is 25.7 Å². The fourth-order valence-electron chi connectivity index (χ4n) is 2.50. The Morgan fingerprint density at radius 1 is 1.17 bits per heavy atom. The number of carbonyl (C=O) groups excluding carboxylic acids is 1. The third-order valence-corrected chi connectivity index (χ3v) is 3.65. The van der Waals surface area contributed by atoms with Crippen LogP contribution in [0.15, 0.2) is 0 Å². The molecule has 5 nitrogen and oxygen atoms in total. The van der Waals surface area contributed by atoms with Crippen molar-refractivity contribution in [3.8, 4) is 0 Å². The number of hydrogen-bond acceptors (Lipinski definition) is 2. The molecule has 104 valence electrons. The molecular weight excluding hydrogens is 232 g/mol. The van der Waals surface area contributed by atoms with Gasteiger partial charge in [0.25, 0.3) is 0 Å². The molecule has 18 heavy (non-hydrogen) atoms. The van der Waals surface area contributed by atoms with Gasteiger partial charge in [-0.25, -0.2) is 4.79 Å². The number of carboxylic acid groups (broad SMARTS) is 1. The van der Waals surface area contributed by atoms with Crippen molar-refractivity contribution in [1.29, 1.82) is 0 Å². The zero-order valence-electron chi connectivity index (χ0n) is 11.4. The van der Waals surface area contributed by atoms with E-state index in [1.54, 1.807) is 11.9 Å². The molecular formula is C13H24N2O3. The van der Waals surface area contributed by atoms with E-state index in [-0.39, 0.29) is 18.6 Å². The molecule has 0 spiro atoms. The van der Waals surface area contributed by atoms with Crippen LogP contribution in [0, 0.1) is 0 Å². The molecule has 0 bridgehead atoms. The highest BCUT2D eigenvalue weighted by Gasteiger charge is 2.25. The van der Waals surface area contributed by atoms with E-state index in [1.807, 2.05) is 6.92 Å². The standard InChI is InChI=1S/C13H24N2O3/c1-3-15(10-12(16)17)13(18)14(2)11-8-6-4-5-7-9-11/h11H,3-10H2,1-2H3,(H,16,17). The fourth-order valence-corrected chi connectivity index (χ4v) is 2.50. The average molecular weight is 256 g/mol. The lowest BCUT2D eigenvalue weighted by Gasteiger charge is -2.32. The Kier molecular flexibility index (Phi) is 5.95. The van der Waals surface area contributed by atoms with Crippen LogP contribution >= 0.6 is 0 Å². The van der Waals surface area contributed by atoms with Gasteiger partial charge in [0.05, 0.1) is 0 Å². The average Bonchev–Trinajstić information content (AvgIpc) is 2.62. The summed E-state index contributed by atoms with van der Waals surface area (Å²) in [7, 11) is 1.79. The number of carbonyl (C=O) groups is 2. The van der Waals surface area contributed by atoms with E-state index in [2.05, 4.69) is 0 Å². The van der Waals surface area contributed by atoms with Gasteiger partial charge in [-0.2, -0.15) is 0 Å². The van der Waals surface area contributed by atoms with E-state index in [1.165, 1.54) is 17.7 Å². The second-order valence-corrected chi connectivity index (χ2v) is 4.95. The summed E-state index contributed by atoms with van der Waals surface area (Å²) >= 11 is 0. The Hall–Kier alpha value is -1.26. The van der Waals surface area contributed by atoms with E-state index in [9.17, 15) is 9.59 Å². The van der Waals surface area contributed by atoms with E-state index in [0.29, 0.717) is 6.54 Å². The second kappa shape index (κ2) is 7.24. The summed E-state index contributed by atoms with van der Waals surface area (Å²) in [5.74, 6) is -0.959. The van der Waals surface area contributed by atoms with Gasteiger partial charge in [-0.15, -0.1) is 0 Å². The number of carboxylic acids is 1. The molecule has 1 fully saturated rings. The molecule has 1 aliphatic carbocycles. The molecule has 0 heterocycles. The molecule has 1 rings (SSSR count). The smallest absolute Gasteiger partial charge is 0.323 e. The molecule has 1 aliphatic rings. The maximum absolute atomic E-state index is 12.2. The Labute approximate surface area is 109 Å². The predicted octanol–water partition coefficient (Wildman–Crippen LogP) is 2.17. The quantitative estimate of drug-likeness (QED) is 0.784. The minimum Gasteiger partial charge on any atom is -0.480 e. The molecule has 0 radical (unpaired) electrons. The highest BCUT2D eigenvalue weighted by atomic mass is 16.4. The Morgan fingerprint density at radius 2 is 1.72 bits per heavy atom. The highest BCUT2D eigenvalue weighted by Crippen LogP contribution is 2.21. The second-order valence-electron chi connectivity index (χ2n) is 4.95. The number of amides is 2. The SMILES string of the molecule is CCN(CC(=O)O)C(=O)N(C)C1CCCCCC1. The van der Waals surface area contributed by atoms with Crippen LogP contribution in [0.4, 0.5) is 4.79 Å². The maximum Gasteiger partial charge on any atom is 0.323 e. The van der Waals surface area contributed by atoms with Crippen molar-refractivity contribution >= 4 is 12.0 Å². The Morgan fingerprint density at radius 3 is 2.17 bits per heavy atom. The first kappa shape index (κ1) is 14.8. The van der Waals surface area contributed by atoms with E-state index >= 15 is 0 Å². The van der Waals surface area contributed by atoms with Gasteiger partial charge in [0.15, 0.2) is 0 Å². The summed E-state index contributed by atoms with van der Waals surface area (Å²) < 4.78 is 0. The lowest BCUT2D eigenvalue weighted by molar-refractivity contribution is -0.137. The van der Waals surface area contributed by atoms with Gasteiger partial charge in [0.1, 0.15) is 6.54 Å². The molecule has 5 heteroatoms. The number of rotatable bonds is 4. The Balaban J connectivity index is 2.59. The third-order valence-electron chi connectivity index (χ3n) is 3.65. The molecule has 0 aliphatic heterocycles. The van der Waals surface area contributed by atoms with Crippen LogP contribution < -0.4 is 0 Å². The van der Waals surface area contributed by atoms with Crippen LogP contribution in [-0.4, -0.2) is 53.1 Å². The van der Waals surface area contributed by atoms with Crippen molar-refractivity contribution in [2.75, 3.05) is 20.1 Å². The third kappa shape index (κ3) is 4.20. The van der Waals surface area contributed by atoms with Crippen LogP contribution in [0.1, 0.15) is 45.4 Å². The van der Waals surface area contributed by atoms with E-state index in [0.717, 1.165) is 25.7 Å². The van der Waals surface area contributed by atoms with Crippen molar-refractivity contribution < 1.29 is 14.7 Å². The number of nitrogens with zero attached hydrogens (tertiary/aromatic N) is 2. The molecule has 0 aromatic rings. The van der Waals surface area contributed by atoms with Crippen molar-refractivity contribution in [1.82, 2.24) is 9.80 Å². The molecule has 0 saturated heterocycles. The molecule has 0 aromatic heterocycles. The molecule has 1 saturated carbocycles. The number of aliphatic carboxylic acids is 1. The Bertz CT molecular complexity index is 286. The van der Waals surface area contributed by atoms with Crippen molar-refractivity contribution in [3.63, 3.8) is 0 Å². The number of likely N-dealkylation sites (N-methyl/N-ethyl adjacent to an activating group) is 1. The first-order valence-electron chi connectivity index (χ1n) is 6.79. The van der Waals surface area contributed by atoms with Gasteiger partial charge < -0.3 is 14.9 Å². The number of hydrogen-bond donors (Lipinski definition) is 1. The monoisotopic (exact) mass is 256 g/mol. The molecule has 0 aromatic carbocycles. The van der Waals surface area contributed by atoms with Crippen molar-refractivity contribution in [2.45, 2.75) is 51.5 Å². The first-order chi connectivity index (χ1) is 8.56. The lowest BCUT2D eigenvalue weighted by atomic mass is 10.1. The van der Waals surface area contributed by atoms with Crippen LogP contribution in [0.3, 0.4) is 0 Å². The fraction of sp³-hybridized carbons (Fsp3) is 0.846. The van der Waals surface area contributed by atoms with Gasteiger partial charge in [-0.05, 0) is 19.8 Å². The summed E-state index contributed by atoms with van der Waals surface area (Å²) in [6.07, 6.45) is 6.87. The molecule has 0 atom stereocenters. The van der Waals surface area contributed by atoms with Gasteiger partial charge in [0, 0.05) is 19.6 Å². The summed E-state index contributed by atoms with van der Waals surface area (Å²) in [5.41, 5.74) is 0. The topological polar surface area (TPSA) is 60.9 Å². The minimum atomic E-state index is -0.959. The summed E-state index contributed by atoms with van der Waals surface area (Å²) in [6.45, 7) is 2.02. The lowest BCUT2D eigenvalue weighted by Crippen LogP contribution is -2.47. The molecule has 0 unspecified atom stereocenters. The highest BCUT2D eigenvalue weighted by molar-refractivity contribution is 5.80. The van der Waals surface area contributed by atoms with E-state index < -0.39 is 5.97 Å². The van der Waals surface area contributed by atoms with Gasteiger partial charge in [-0.3, -0.25) is 4.79 Å². The van der Waals surface area contributed by atoms with Crippen LogP contribution in [0.25, 0.3) is 0 Å².